The SMILES string of the molecule is CC(=O)Nc1ccc(CN2CCN(c3cnn(-c4ccccc4)c(=O)c3NCc3ccccc3)CC2)cc1. The average Bonchev–Trinajstić information content (AvgIpc) is 2.94. The second-order valence-electron chi connectivity index (χ2n) is 9.44. The Kier molecular flexibility index (Phi) is 7.80. The van der Waals surface area contributed by atoms with Crippen molar-refractivity contribution in [2.45, 2.75) is 20.0 Å². The van der Waals surface area contributed by atoms with E-state index < -0.39 is 0 Å². The van der Waals surface area contributed by atoms with E-state index in [2.05, 4.69) is 37.7 Å². The third kappa shape index (κ3) is 6.10. The summed E-state index contributed by atoms with van der Waals surface area (Å²) in [5.41, 5.74) is 5.08. The number of nitrogens with zero attached hydrogens (tertiary/aromatic N) is 4. The largest absolute Gasteiger partial charge is 0.375 e. The lowest BCUT2D eigenvalue weighted by atomic mass is 10.1. The minimum Gasteiger partial charge on any atom is -0.375 e. The van der Waals surface area contributed by atoms with Gasteiger partial charge in [-0.1, -0.05) is 60.7 Å². The lowest BCUT2D eigenvalue weighted by Crippen LogP contribution is -2.46. The number of carbonyl (C=O) groups excluding carboxylic acids is 1. The van der Waals surface area contributed by atoms with Gasteiger partial charge in [-0.3, -0.25) is 14.5 Å². The number of benzene rings is 3. The molecule has 1 amide bonds. The van der Waals surface area contributed by atoms with E-state index in [1.807, 2.05) is 72.8 Å². The summed E-state index contributed by atoms with van der Waals surface area (Å²) in [6, 6.07) is 27.6. The van der Waals surface area contributed by atoms with E-state index >= 15 is 0 Å². The van der Waals surface area contributed by atoms with E-state index in [1.54, 1.807) is 6.20 Å². The molecule has 0 atom stereocenters. The molecule has 2 N–H and O–H groups in total. The number of piperazine rings is 1. The molecule has 1 aliphatic rings. The summed E-state index contributed by atoms with van der Waals surface area (Å²) in [5.74, 6) is -0.0718. The summed E-state index contributed by atoms with van der Waals surface area (Å²) in [6.45, 7) is 6.22. The van der Waals surface area contributed by atoms with E-state index in [1.165, 1.54) is 17.2 Å². The predicted molar refractivity (Wildman–Crippen MR) is 152 cm³/mol. The topological polar surface area (TPSA) is 82.5 Å². The zero-order valence-electron chi connectivity index (χ0n) is 21.5. The maximum atomic E-state index is 13.6. The minimum absolute atomic E-state index is 0.0718. The molecule has 1 aliphatic heterocycles. The lowest BCUT2D eigenvalue weighted by Gasteiger charge is -2.36. The summed E-state index contributed by atoms with van der Waals surface area (Å²) < 4.78 is 1.46. The Morgan fingerprint density at radius 3 is 2.16 bits per heavy atom. The zero-order chi connectivity index (χ0) is 26.3. The van der Waals surface area contributed by atoms with Gasteiger partial charge in [0.25, 0.3) is 5.56 Å². The molecule has 3 aromatic carbocycles. The number of carbonyl (C=O) groups is 1. The maximum absolute atomic E-state index is 13.6. The Morgan fingerprint density at radius 2 is 1.50 bits per heavy atom. The van der Waals surface area contributed by atoms with Crippen molar-refractivity contribution in [2.24, 2.45) is 0 Å². The van der Waals surface area contributed by atoms with Gasteiger partial charge in [0.1, 0.15) is 5.69 Å². The van der Waals surface area contributed by atoms with Crippen molar-refractivity contribution in [1.29, 1.82) is 0 Å². The second-order valence-corrected chi connectivity index (χ2v) is 9.44. The van der Waals surface area contributed by atoms with Crippen LogP contribution in [-0.4, -0.2) is 46.8 Å². The molecule has 1 fully saturated rings. The number of para-hydroxylation sites is 1. The summed E-state index contributed by atoms with van der Waals surface area (Å²) >= 11 is 0. The van der Waals surface area contributed by atoms with Gasteiger partial charge >= 0.3 is 0 Å². The van der Waals surface area contributed by atoms with Gasteiger partial charge in [-0.05, 0) is 35.4 Å². The Bertz CT molecular complexity index is 1410. The molecular weight excluding hydrogens is 476 g/mol. The molecule has 0 bridgehead atoms. The fraction of sp³-hybridized carbons (Fsp3) is 0.233. The number of aromatic nitrogens is 2. The van der Waals surface area contributed by atoms with Crippen LogP contribution >= 0.6 is 0 Å². The first-order valence-electron chi connectivity index (χ1n) is 12.9. The van der Waals surface area contributed by atoms with Crippen molar-refractivity contribution in [1.82, 2.24) is 14.7 Å². The fourth-order valence-corrected chi connectivity index (χ4v) is 4.69. The van der Waals surface area contributed by atoms with Gasteiger partial charge in [0, 0.05) is 51.9 Å². The number of anilines is 3. The Labute approximate surface area is 222 Å². The molecule has 2 heterocycles. The smallest absolute Gasteiger partial charge is 0.296 e. The molecule has 194 valence electrons. The minimum atomic E-state index is -0.161. The van der Waals surface area contributed by atoms with E-state index in [4.69, 9.17) is 0 Å². The Balaban J connectivity index is 1.31. The van der Waals surface area contributed by atoms with Gasteiger partial charge in [-0.15, -0.1) is 0 Å². The zero-order valence-corrected chi connectivity index (χ0v) is 21.5. The van der Waals surface area contributed by atoms with E-state index in [0.717, 1.165) is 55.3 Å². The summed E-state index contributed by atoms with van der Waals surface area (Å²) in [5, 5.41) is 10.8. The maximum Gasteiger partial charge on any atom is 0.296 e. The number of rotatable bonds is 8. The molecule has 0 spiro atoms. The molecule has 8 nitrogen and oxygen atoms in total. The van der Waals surface area contributed by atoms with Crippen molar-refractivity contribution in [3.05, 3.63) is 113 Å². The fourth-order valence-electron chi connectivity index (χ4n) is 4.69. The molecule has 0 aliphatic carbocycles. The van der Waals surface area contributed by atoms with Gasteiger partial charge in [-0.25, -0.2) is 0 Å². The lowest BCUT2D eigenvalue weighted by molar-refractivity contribution is -0.114. The molecule has 1 saturated heterocycles. The number of hydrogen-bond acceptors (Lipinski definition) is 6. The van der Waals surface area contributed by atoms with Crippen LogP contribution in [0.3, 0.4) is 0 Å². The van der Waals surface area contributed by atoms with E-state index in [0.29, 0.717) is 12.2 Å². The van der Waals surface area contributed by atoms with Crippen molar-refractivity contribution >= 4 is 23.0 Å². The molecule has 0 radical (unpaired) electrons. The van der Waals surface area contributed by atoms with Crippen LogP contribution in [0.5, 0.6) is 0 Å². The highest BCUT2D eigenvalue weighted by Gasteiger charge is 2.22. The number of amides is 1. The highest BCUT2D eigenvalue weighted by molar-refractivity contribution is 5.88. The van der Waals surface area contributed by atoms with Gasteiger partial charge in [0.2, 0.25) is 5.91 Å². The van der Waals surface area contributed by atoms with Gasteiger partial charge < -0.3 is 15.5 Å². The van der Waals surface area contributed by atoms with Crippen LogP contribution in [-0.2, 0) is 17.9 Å². The van der Waals surface area contributed by atoms with Crippen LogP contribution in [0.2, 0.25) is 0 Å². The molecule has 4 aromatic rings. The van der Waals surface area contributed by atoms with Crippen LogP contribution in [0.25, 0.3) is 5.69 Å². The standard InChI is InChI=1S/C30H32N6O2/c1-23(37)33-26-14-12-25(13-15-26)22-34-16-18-35(19-17-34)28-21-32-36(27-10-6-3-7-11-27)30(38)29(28)31-20-24-8-4-2-5-9-24/h2-15,21,31H,16-20,22H2,1H3,(H,33,37). The van der Waals surface area contributed by atoms with Crippen LogP contribution in [0.4, 0.5) is 17.1 Å². The summed E-state index contributed by atoms with van der Waals surface area (Å²) in [7, 11) is 0. The third-order valence-corrected chi connectivity index (χ3v) is 6.66. The molecule has 1 aromatic heterocycles. The molecule has 38 heavy (non-hydrogen) atoms. The number of hydrogen-bond donors (Lipinski definition) is 2. The monoisotopic (exact) mass is 508 g/mol. The van der Waals surface area contributed by atoms with Gasteiger partial charge in [0.05, 0.1) is 17.6 Å². The normalized spacial score (nSPS) is 13.8. The second kappa shape index (κ2) is 11.7. The van der Waals surface area contributed by atoms with Crippen molar-refractivity contribution < 1.29 is 4.79 Å². The molecule has 0 saturated carbocycles. The highest BCUT2D eigenvalue weighted by Crippen LogP contribution is 2.25. The Morgan fingerprint density at radius 1 is 0.842 bits per heavy atom. The highest BCUT2D eigenvalue weighted by atomic mass is 16.1. The Hall–Kier alpha value is -4.43. The molecule has 8 heteroatoms. The van der Waals surface area contributed by atoms with Crippen molar-refractivity contribution in [2.75, 3.05) is 41.7 Å². The van der Waals surface area contributed by atoms with Crippen LogP contribution in [0.15, 0.2) is 95.9 Å². The van der Waals surface area contributed by atoms with Crippen LogP contribution in [0.1, 0.15) is 18.1 Å². The predicted octanol–water partition coefficient (Wildman–Crippen LogP) is 4.13. The third-order valence-electron chi connectivity index (χ3n) is 6.66. The summed E-state index contributed by atoms with van der Waals surface area (Å²) in [6.07, 6.45) is 1.80. The first-order valence-corrected chi connectivity index (χ1v) is 12.9. The van der Waals surface area contributed by atoms with Crippen LogP contribution < -0.4 is 21.1 Å². The molecule has 5 rings (SSSR count). The van der Waals surface area contributed by atoms with Gasteiger partial charge in [0.15, 0.2) is 0 Å². The van der Waals surface area contributed by atoms with E-state index in [-0.39, 0.29) is 11.5 Å². The first-order chi connectivity index (χ1) is 18.6. The molecular formula is C30H32N6O2. The number of nitrogens with one attached hydrogen (secondary N) is 2. The van der Waals surface area contributed by atoms with Crippen LogP contribution in [0, 0.1) is 0 Å². The van der Waals surface area contributed by atoms with E-state index in [9.17, 15) is 9.59 Å². The average molecular weight is 509 g/mol. The quantitative estimate of drug-likeness (QED) is 0.373. The summed E-state index contributed by atoms with van der Waals surface area (Å²) in [4.78, 5) is 29.5. The van der Waals surface area contributed by atoms with Gasteiger partial charge in [-0.2, -0.15) is 9.78 Å². The molecule has 0 unspecified atom stereocenters. The van der Waals surface area contributed by atoms with Crippen molar-refractivity contribution in [3.8, 4) is 5.69 Å². The first kappa shape index (κ1) is 25.2. The van der Waals surface area contributed by atoms with Crippen molar-refractivity contribution in [3.63, 3.8) is 0 Å².